The lowest BCUT2D eigenvalue weighted by atomic mass is 9.72. The molecule has 1 heterocycles. The smallest absolute Gasteiger partial charge is 0.147 e. The van der Waals surface area contributed by atoms with Gasteiger partial charge in [0.05, 0.1) is 5.52 Å². The van der Waals surface area contributed by atoms with Gasteiger partial charge in [-0.2, -0.15) is 0 Å². The van der Waals surface area contributed by atoms with Crippen LogP contribution in [0, 0.1) is 17.7 Å². The number of fused-ring (bicyclic) bond motifs is 1. The van der Waals surface area contributed by atoms with E-state index in [1.165, 1.54) is 95.1 Å². The summed E-state index contributed by atoms with van der Waals surface area (Å²) in [5, 5.41) is 4.94. The molecule has 0 bridgehead atoms. The van der Waals surface area contributed by atoms with Crippen LogP contribution in [0.2, 0.25) is 0 Å². The number of para-hydroxylation sites is 1. The van der Waals surface area contributed by atoms with E-state index in [0.29, 0.717) is 11.6 Å². The predicted octanol–water partition coefficient (Wildman–Crippen LogP) is 6.86. The van der Waals surface area contributed by atoms with Crippen molar-refractivity contribution in [1.29, 1.82) is 0 Å². The van der Waals surface area contributed by atoms with Crippen molar-refractivity contribution in [2.45, 2.75) is 108 Å². The molecule has 2 aliphatic carbocycles. The molecule has 3 nitrogen and oxygen atoms in total. The Balaban J connectivity index is 1.38. The molecule has 4 atom stereocenters. The maximum atomic E-state index is 14.0. The van der Waals surface area contributed by atoms with Crippen molar-refractivity contribution in [1.82, 2.24) is 10.3 Å². The minimum atomic E-state index is -0.160. The molecule has 0 spiro atoms. The molecule has 0 aliphatic heterocycles. The fourth-order valence-corrected chi connectivity index (χ4v) is 6.48. The topological polar surface area (TPSA) is 53.8 Å². The Morgan fingerprint density at radius 3 is 2.62 bits per heavy atom. The van der Waals surface area contributed by atoms with Gasteiger partial charge >= 0.3 is 0 Å². The van der Waals surface area contributed by atoms with E-state index in [0.717, 1.165) is 30.2 Å². The Bertz CT molecular complexity index is 842. The van der Waals surface area contributed by atoms with Crippen molar-refractivity contribution in [3.05, 3.63) is 35.8 Å². The van der Waals surface area contributed by atoms with Gasteiger partial charge in [0.2, 0.25) is 0 Å². The van der Waals surface area contributed by atoms with Crippen LogP contribution in [0.5, 0.6) is 0 Å². The van der Waals surface area contributed by atoms with Gasteiger partial charge in [0.15, 0.2) is 0 Å². The highest BCUT2D eigenvalue weighted by molar-refractivity contribution is 5.83. The molecule has 0 saturated heterocycles. The molecular formula is C28H44FN3. The lowest BCUT2D eigenvalue weighted by Gasteiger charge is -2.38. The highest BCUT2D eigenvalue weighted by Crippen LogP contribution is 2.38. The van der Waals surface area contributed by atoms with Gasteiger partial charge in [0.25, 0.3) is 0 Å². The first-order chi connectivity index (χ1) is 15.5. The molecule has 2 saturated carbocycles. The van der Waals surface area contributed by atoms with E-state index in [1.807, 2.05) is 18.3 Å². The lowest BCUT2D eigenvalue weighted by Crippen LogP contribution is -2.41. The number of benzene rings is 1. The van der Waals surface area contributed by atoms with E-state index in [2.05, 4.69) is 17.2 Å². The summed E-state index contributed by atoms with van der Waals surface area (Å²) in [6.07, 6.45) is 20.1. The molecule has 0 radical (unpaired) electrons. The second-order valence-electron chi connectivity index (χ2n) is 11.1. The summed E-state index contributed by atoms with van der Waals surface area (Å²) >= 11 is 0. The van der Waals surface area contributed by atoms with Crippen LogP contribution in [-0.4, -0.2) is 23.1 Å². The first-order valence-corrected chi connectivity index (χ1v) is 13.3. The minimum Gasteiger partial charge on any atom is -0.359 e. The zero-order valence-corrected chi connectivity index (χ0v) is 20.1. The molecule has 4 unspecified atom stereocenters. The number of hydrogen-bond donors (Lipinski definition) is 3. The minimum absolute atomic E-state index is 0.0110. The van der Waals surface area contributed by atoms with Crippen molar-refractivity contribution in [3.63, 3.8) is 0 Å². The summed E-state index contributed by atoms with van der Waals surface area (Å²) in [6.45, 7) is 3.25. The Hall–Kier alpha value is -1.39. The number of aromatic amines is 1. The van der Waals surface area contributed by atoms with Gasteiger partial charge in [-0.3, -0.25) is 0 Å². The first-order valence-electron chi connectivity index (χ1n) is 13.3. The predicted molar refractivity (Wildman–Crippen MR) is 133 cm³/mol. The fourth-order valence-electron chi connectivity index (χ4n) is 6.48. The number of hydrogen-bond acceptors (Lipinski definition) is 2. The Morgan fingerprint density at radius 2 is 1.78 bits per heavy atom. The number of rotatable bonds is 5. The number of aromatic nitrogens is 1. The monoisotopic (exact) mass is 441 g/mol. The van der Waals surface area contributed by atoms with Gasteiger partial charge in [-0.05, 0) is 69.0 Å². The third-order valence-electron chi connectivity index (χ3n) is 8.26. The Kier molecular flexibility index (Phi) is 8.28. The zero-order chi connectivity index (χ0) is 22.4. The fraction of sp³-hybridized carbons (Fsp3) is 0.714. The molecule has 1 aromatic heterocycles. The van der Waals surface area contributed by atoms with Gasteiger partial charge in [-0.25, -0.2) is 4.39 Å². The molecule has 32 heavy (non-hydrogen) atoms. The molecule has 2 fully saturated rings. The van der Waals surface area contributed by atoms with Gasteiger partial charge in [0.1, 0.15) is 5.82 Å². The van der Waals surface area contributed by atoms with Crippen LogP contribution in [0.4, 0.5) is 4.39 Å². The van der Waals surface area contributed by atoms with E-state index >= 15 is 0 Å². The van der Waals surface area contributed by atoms with Crippen LogP contribution in [0.3, 0.4) is 0 Å². The van der Waals surface area contributed by atoms with Gasteiger partial charge in [-0.15, -0.1) is 0 Å². The Morgan fingerprint density at radius 1 is 1.03 bits per heavy atom. The lowest BCUT2D eigenvalue weighted by molar-refractivity contribution is 0.175. The molecular weight excluding hydrogens is 397 g/mol. The molecule has 4 N–H and O–H groups in total. The zero-order valence-electron chi connectivity index (χ0n) is 20.1. The summed E-state index contributed by atoms with van der Waals surface area (Å²) in [7, 11) is 0. The third-order valence-corrected chi connectivity index (χ3v) is 8.26. The second-order valence-corrected chi connectivity index (χ2v) is 11.1. The molecule has 2 aliphatic rings. The highest BCUT2D eigenvalue weighted by Gasteiger charge is 2.31. The maximum absolute atomic E-state index is 14.0. The summed E-state index contributed by atoms with van der Waals surface area (Å²) in [5.74, 6) is 1.42. The average molecular weight is 442 g/mol. The number of H-pyrrole nitrogens is 1. The van der Waals surface area contributed by atoms with Crippen LogP contribution < -0.4 is 11.1 Å². The molecule has 0 amide bonds. The van der Waals surface area contributed by atoms with Crippen LogP contribution in [0.1, 0.15) is 96.0 Å². The third kappa shape index (κ3) is 6.35. The van der Waals surface area contributed by atoms with Crippen LogP contribution in [0.25, 0.3) is 10.9 Å². The summed E-state index contributed by atoms with van der Waals surface area (Å²) in [4.78, 5) is 3.13. The normalized spacial score (nSPS) is 30.8. The van der Waals surface area contributed by atoms with Gasteiger partial charge in [-0.1, -0.05) is 69.9 Å². The second kappa shape index (κ2) is 11.2. The standard InChI is InChI=1S/C28H44FN3/c1-28(30)16-8-4-6-11-22(19-28)21-10-5-2-3-7-12-24(18-21)31-17-15-23-20-32-27-25(23)13-9-14-26(27)29/h9,13-14,20-22,24,31-32H,2-8,10-12,15-19,30H2,1H3. The van der Waals surface area contributed by atoms with Gasteiger partial charge < -0.3 is 16.0 Å². The van der Waals surface area contributed by atoms with Crippen LogP contribution in [-0.2, 0) is 6.42 Å². The van der Waals surface area contributed by atoms with Crippen LogP contribution >= 0.6 is 0 Å². The van der Waals surface area contributed by atoms with E-state index in [1.54, 1.807) is 0 Å². The van der Waals surface area contributed by atoms with Crippen molar-refractivity contribution >= 4 is 10.9 Å². The van der Waals surface area contributed by atoms with Crippen molar-refractivity contribution in [3.8, 4) is 0 Å². The van der Waals surface area contributed by atoms with Crippen molar-refractivity contribution in [2.75, 3.05) is 6.54 Å². The number of halogens is 1. The average Bonchev–Trinajstić information content (AvgIpc) is 3.20. The summed E-state index contributed by atoms with van der Waals surface area (Å²) < 4.78 is 14.0. The SMILES string of the molecule is CC1(N)CCCCCC(C2CCCCCCC(NCCc3c[nH]c4c(F)cccc34)C2)C1. The first kappa shape index (κ1) is 23.8. The van der Waals surface area contributed by atoms with Gasteiger partial charge in [0, 0.05) is 23.2 Å². The molecule has 2 aromatic rings. The largest absolute Gasteiger partial charge is 0.359 e. The van der Waals surface area contributed by atoms with Crippen molar-refractivity contribution < 1.29 is 4.39 Å². The van der Waals surface area contributed by atoms with E-state index in [4.69, 9.17) is 5.73 Å². The molecule has 4 heteroatoms. The number of nitrogens with two attached hydrogens (primary N) is 1. The summed E-state index contributed by atoms with van der Waals surface area (Å²) in [6, 6.07) is 5.96. The quantitative estimate of drug-likeness (QED) is 0.475. The number of nitrogens with one attached hydrogen (secondary N) is 2. The molecule has 4 rings (SSSR count). The molecule has 178 valence electrons. The maximum Gasteiger partial charge on any atom is 0.147 e. The van der Waals surface area contributed by atoms with E-state index < -0.39 is 0 Å². The Labute approximate surface area is 194 Å². The summed E-state index contributed by atoms with van der Waals surface area (Å²) in [5.41, 5.74) is 8.59. The van der Waals surface area contributed by atoms with Crippen molar-refractivity contribution in [2.24, 2.45) is 17.6 Å². The van der Waals surface area contributed by atoms with E-state index in [-0.39, 0.29) is 11.4 Å². The molecule has 1 aromatic carbocycles. The van der Waals surface area contributed by atoms with Crippen LogP contribution in [0.15, 0.2) is 24.4 Å². The van der Waals surface area contributed by atoms with E-state index in [9.17, 15) is 4.39 Å². The highest BCUT2D eigenvalue weighted by atomic mass is 19.1.